The van der Waals surface area contributed by atoms with E-state index in [0.717, 1.165) is 17.8 Å². The second-order valence-corrected chi connectivity index (χ2v) is 4.36. The Hall–Kier alpha value is -0.960. The van der Waals surface area contributed by atoms with Crippen molar-refractivity contribution in [2.24, 2.45) is 0 Å². The first-order valence-corrected chi connectivity index (χ1v) is 5.97. The van der Waals surface area contributed by atoms with Crippen LogP contribution in [0.15, 0.2) is 17.6 Å². The summed E-state index contributed by atoms with van der Waals surface area (Å²) in [5.74, 6) is 0.990. The molecule has 0 aliphatic heterocycles. The first kappa shape index (κ1) is 9.59. The highest BCUT2D eigenvalue weighted by Gasteiger charge is 2.00. The molecule has 0 saturated carbocycles. The Morgan fingerprint density at radius 3 is 3.14 bits per heavy atom. The normalized spacial score (nSPS) is 10.9. The molecule has 0 bridgehead atoms. The lowest BCUT2D eigenvalue weighted by molar-refractivity contribution is 0.696. The van der Waals surface area contributed by atoms with E-state index in [1.54, 1.807) is 11.3 Å². The number of aryl methyl sites for hydroxylation is 1. The van der Waals surface area contributed by atoms with Crippen molar-refractivity contribution in [3.63, 3.8) is 0 Å². The van der Waals surface area contributed by atoms with E-state index in [1.807, 2.05) is 6.20 Å². The molecule has 0 fully saturated rings. The van der Waals surface area contributed by atoms with Crippen LogP contribution in [0.4, 0.5) is 0 Å². The van der Waals surface area contributed by atoms with E-state index in [-0.39, 0.29) is 0 Å². The predicted octanol–water partition coefficient (Wildman–Crippen LogP) is 3.42. The number of fused-ring (bicyclic) bond motifs is 1. The molecule has 0 atom stereocenters. The minimum atomic E-state index is 0.990. The summed E-state index contributed by atoms with van der Waals surface area (Å²) < 4.78 is 1.18. The van der Waals surface area contributed by atoms with Crippen molar-refractivity contribution in [1.29, 1.82) is 0 Å². The molecule has 0 N–H and O–H groups in total. The van der Waals surface area contributed by atoms with Crippen LogP contribution in [0.2, 0.25) is 0 Å². The highest BCUT2D eigenvalue weighted by molar-refractivity contribution is 7.17. The zero-order chi connectivity index (χ0) is 9.80. The molecule has 2 heterocycles. The molecule has 0 aliphatic rings. The van der Waals surface area contributed by atoms with Gasteiger partial charge in [-0.2, -0.15) is 0 Å². The third-order valence-electron chi connectivity index (χ3n) is 2.26. The average Bonchev–Trinajstić information content (AvgIpc) is 2.65. The van der Waals surface area contributed by atoms with Crippen molar-refractivity contribution < 1.29 is 0 Å². The maximum absolute atomic E-state index is 4.51. The zero-order valence-corrected chi connectivity index (χ0v) is 9.18. The molecular formula is C11H14N2S. The van der Waals surface area contributed by atoms with Crippen molar-refractivity contribution in [3.8, 4) is 0 Å². The van der Waals surface area contributed by atoms with Crippen LogP contribution in [0, 0.1) is 0 Å². The number of nitrogens with zero attached hydrogens (tertiary/aromatic N) is 2. The lowest BCUT2D eigenvalue weighted by atomic mass is 10.2. The van der Waals surface area contributed by atoms with Crippen molar-refractivity contribution in [1.82, 2.24) is 9.97 Å². The predicted molar refractivity (Wildman–Crippen MR) is 60.6 cm³/mol. The highest BCUT2D eigenvalue weighted by atomic mass is 32.1. The van der Waals surface area contributed by atoms with Crippen LogP contribution >= 0.6 is 11.3 Å². The van der Waals surface area contributed by atoms with Gasteiger partial charge in [0.2, 0.25) is 0 Å². The maximum atomic E-state index is 4.51. The molecule has 0 radical (unpaired) electrons. The molecule has 2 rings (SSSR count). The second kappa shape index (κ2) is 4.51. The number of unbranched alkanes of at least 4 members (excludes halogenated alkanes) is 2. The molecule has 0 aromatic carbocycles. The number of thiophene rings is 1. The van der Waals surface area contributed by atoms with Crippen LogP contribution in [0.5, 0.6) is 0 Å². The van der Waals surface area contributed by atoms with Crippen LogP contribution in [0.25, 0.3) is 10.2 Å². The molecular weight excluding hydrogens is 192 g/mol. The molecule has 0 unspecified atom stereocenters. The first-order chi connectivity index (χ1) is 6.90. The van der Waals surface area contributed by atoms with Crippen LogP contribution in [0.3, 0.4) is 0 Å². The standard InChI is InChI=1S/C11H14N2S/c1-2-3-4-5-11-12-8-10-9(13-11)6-7-14-10/h6-8H,2-5H2,1H3. The fraction of sp³-hybridized carbons (Fsp3) is 0.455. The summed E-state index contributed by atoms with van der Waals surface area (Å²) in [5, 5.41) is 2.06. The molecule has 0 aliphatic carbocycles. The minimum absolute atomic E-state index is 0.990. The quantitative estimate of drug-likeness (QED) is 0.716. The molecule has 2 nitrogen and oxygen atoms in total. The van der Waals surface area contributed by atoms with Crippen molar-refractivity contribution in [2.45, 2.75) is 32.6 Å². The molecule has 0 spiro atoms. The van der Waals surface area contributed by atoms with Gasteiger partial charge in [-0.15, -0.1) is 11.3 Å². The summed E-state index contributed by atoms with van der Waals surface area (Å²) in [6.45, 7) is 2.21. The van der Waals surface area contributed by atoms with Gasteiger partial charge in [-0.05, 0) is 17.9 Å². The van der Waals surface area contributed by atoms with Crippen LogP contribution in [-0.2, 0) is 6.42 Å². The fourth-order valence-corrected chi connectivity index (χ4v) is 2.15. The molecule has 3 heteroatoms. The zero-order valence-electron chi connectivity index (χ0n) is 8.36. The van der Waals surface area contributed by atoms with E-state index in [0.29, 0.717) is 0 Å². The maximum Gasteiger partial charge on any atom is 0.129 e. The van der Waals surface area contributed by atoms with Gasteiger partial charge in [0.25, 0.3) is 0 Å². The van der Waals surface area contributed by atoms with Crippen LogP contribution < -0.4 is 0 Å². The lowest BCUT2D eigenvalue weighted by Gasteiger charge is -1.98. The highest BCUT2D eigenvalue weighted by Crippen LogP contribution is 2.17. The Morgan fingerprint density at radius 1 is 1.36 bits per heavy atom. The molecule has 2 aromatic heterocycles. The number of rotatable bonds is 4. The fourth-order valence-electron chi connectivity index (χ4n) is 1.46. The van der Waals surface area contributed by atoms with Crippen molar-refractivity contribution >= 4 is 21.6 Å². The van der Waals surface area contributed by atoms with E-state index in [4.69, 9.17) is 0 Å². The second-order valence-electron chi connectivity index (χ2n) is 3.41. The third kappa shape index (κ3) is 2.10. The molecule has 0 amide bonds. The minimum Gasteiger partial charge on any atom is -0.240 e. The largest absolute Gasteiger partial charge is 0.240 e. The number of hydrogen-bond acceptors (Lipinski definition) is 3. The third-order valence-corrected chi connectivity index (χ3v) is 3.10. The van der Waals surface area contributed by atoms with Gasteiger partial charge < -0.3 is 0 Å². The summed E-state index contributed by atoms with van der Waals surface area (Å²) in [4.78, 5) is 8.86. The van der Waals surface area contributed by atoms with Gasteiger partial charge in [-0.25, -0.2) is 9.97 Å². The Bertz CT molecular complexity index is 408. The van der Waals surface area contributed by atoms with E-state index in [9.17, 15) is 0 Å². The van der Waals surface area contributed by atoms with Crippen LogP contribution in [0.1, 0.15) is 32.0 Å². The van der Waals surface area contributed by atoms with E-state index in [2.05, 4.69) is 28.3 Å². The van der Waals surface area contributed by atoms with Gasteiger partial charge >= 0.3 is 0 Å². The van der Waals surface area contributed by atoms with Gasteiger partial charge in [0.1, 0.15) is 5.82 Å². The average molecular weight is 206 g/mol. The summed E-state index contributed by atoms with van der Waals surface area (Å²) in [7, 11) is 0. The van der Waals surface area contributed by atoms with Gasteiger partial charge in [0.15, 0.2) is 0 Å². The number of aromatic nitrogens is 2. The van der Waals surface area contributed by atoms with Gasteiger partial charge in [0, 0.05) is 12.6 Å². The van der Waals surface area contributed by atoms with Crippen LogP contribution in [-0.4, -0.2) is 9.97 Å². The van der Waals surface area contributed by atoms with E-state index in [1.165, 1.54) is 24.0 Å². The van der Waals surface area contributed by atoms with Crippen molar-refractivity contribution in [2.75, 3.05) is 0 Å². The summed E-state index contributed by atoms with van der Waals surface area (Å²) in [6, 6.07) is 2.06. The van der Waals surface area contributed by atoms with E-state index < -0.39 is 0 Å². The lowest BCUT2D eigenvalue weighted by Crippen LogP contribution is -1.93. The molecule has 74 valence electrons. The summed E-state index contributed by atoms with van der Waals surface area (Å²) in [6.07, 6.45) is 6.67. The topological polar surface area (TPSA) is 25.8 Å². The SMILES string of the molecule is CCCCCc1ncc2sccc2n1. The summed E-state index contributed by atoms with van der Waals surface area (Å²) >= 11 is 1.70. The first-order valence-electron chi connectivity index (χ1n) is 5.09. The van der Waals surface area contributed by atoms with Crippen molar-refractivity contribution in [3.05, 3.63) is 23.5 Å². The Kier molecular flexibility index (Phi) is 3.09. The Labute approximate surface area is 88.0 Å². The molecule has 14 heavy (non-hydrogen) atoms. The summed E-state index contributed by atoms with van der Waals surface area (Å²) in [5.41, 5.74) is 1.09. The Balaban J connectivity index is 2.10. The number of hydrogen-bond donors (Lipinski definition) is 0. The smallest absolute Gasteiger partial charge is 0.129 e. The molecule has 0 saturated heterocycles. The Morgan fingerprint density at radius 2 is 2.29 bits per heavy atom. The van der Waals surface area contributed by atoms with Gasteiger partial charge in [0.05, 0.1) is 10.2 Å². The monoisotopic (exact) mass is 206 g/mol. The van der Waals surface area contributed by atoms with Gasteiger partial charge in [-0.3, -0.25) is 0 Å². The van der Waals surface area contributed by atoms with E-state index >= 15 is 0 Å². The van der Waals surface area contributed by atoms with Gasteiger partial charge in [-0.1, -0.05) is 19.8 Å². The molecule has 2 aromatic rings.